The molecule has 6 heteroatoms. The number of thioether (sulfide) groups is 1. The van der Waals surface area contributed by atoms with Gasteiger partial charge in [0.05, 0.1) is 13.0 Å². The summed E-state index contributed by atoms with van der Waals surface area (Å²) in [5, 5.41) is 3.55. The van der Waals surface area contributed by atoms with Crippen LogP contribution in [-0.4, -0.2) is 29.1 Å². The highest BCUT2D eigenvalue weighted by atomic mass is 35.5. The van der Waals surface area contributed by atoms with Crippen molar-refractivity contribution in [2.24, 2.45) is 4.99 Å². The van der Waals surface area contributed by atoms with E-state index < -0.39 is 0 Å². The van der Waals surface area contributed by atoms with Crippen LogP contribution >= 0.6 is 34.7 Å². The summed E-state index contributed by atoms with van der Waals surface area (Å²) in [6.07, 6.45) is 0.453. The molecule has 0 saturated heterocycles. The molecule has 0 radical (unpaired) electrons. The van der Waals surface area contributed by atoms with Gasteiger partial charge < -0.3 is 0 Å². The first-order valence-corrected chi connectivity index (χ1v) is 9.21. The van der Waals surface area contributed by atoms with Crippen molar-refractivity contribution in [3.05, 3.63) is 57.2 Å². The SMILES string of the molecule is O=C(Cc1cccs1)N1CCN=C1SCc1cccc(Cl)c1. The number of benzene rings is 1. The predicted molar refractivity (Wildman–Crippen MR) is 94.8 cm³/mol. The zero-order chi connectivity index (χ0) is 15.4. The highest BCUT2D eigenvalue weighted by Crippen LogP contribution is 2.22. The highest BCUT2D eigenvalue weighted by molar-refractivity contribution is 8.13. The maximum absolute atomic E-state index is 12.4. The van der Waals surface area contributed by atoms with Gasteiger partial charge in [-0.15, -0.1) is 11.3 Å². The molecule has 1 aliphatic rings. The van der Waals surface area contributed by atoms with E-state index >= 15 is 0 Å². The first-order chi connectivity index (χ1) is 10.7. The lowest BCUT2D eigenvalue weighted by Gasteiger charge is -2.17. The summed E-state index contributed by atoms with van der Waals surface area (Å²) in [4.78, 5) is 19.8. The molecule has 0 fully saturated rings. The molecule has 3 rings (SSSR count). The first-order valence-electron chi connectivity index (χ1n) is 6.97. The van der Waals surface area contributed by atoms with Crippen molar-refractivity contribution in [1.82, 2.24) is 4.90 Å². The number of thiophene rings is 1. The fourth-order valence-corrected chi connectivity index (χ4v) is 4.13. The van der Waals surface area contributed by atoms with E-state index in [1.165, 1.54) is 0 Å². The topological polar surface area (TPSA) is 32.7 Å². The summed E-state index contributed by atoms with van der Waals surface area (Å²) in [6.45, 7) is 1.37. The number of amidine groups is 1. The normalized spacial score (nSPS) is 14.2. The van der Waals surface area contributed by atoms with E-state index in [1.54, 1.807) is 28.0 Å². The van der Waals surface area contributed by atoms with Crippen LogP contribution in [0.15, 0.2) is 46.8 Å². The van der Waals surface area contributed by atoms with Crippen LogP contribution in [0.5, 0.6) is 0 Å². The van der Waals surface area contributed by atoms with Gasteiger partial charge in [0.25, 0.3) is 0 Å². The number of halogens is 1. The Bertz CT molecular complexity index is 685. The van der Waals surface area contributed by atoms with E-state index in [0.717, 1.165) is 26.4 Å². The van der Waals surface area contributed by atoms with Crippen LogP contribution in [0.1, 0.15) is 10.4 Å². The summed E-state index contributed by atoms with van der Waals surface area (Å²) in [5.41, 5.74) is 1.14. The molecule has 22 heavy (non-hydrogen) atoms. The summed E-state index contributed by atoms with van der Waals surface area (Å²) < 4.78 is 0. The second-order valence-corrected chi connectivity index (χ2v) is 7.30. The Kier molecular flexibility index (Phi) is 5.18. The molecule has 3 nitrogen and oxygen atoms in total. The molecule has 2 aromatic rings. The van der Waals surface area contributed by atoms with Crippen molar-refractivity contribution < 1.29 is 4.79 Å². The van der Waals surface area contributed by atoms with Crippen molar-refractivity contribution >= 4 is 45.8 Å². The Balaban J connectivity index is 1.59. The van der Waals surface area contributed by atoms with Crippen molar-refractivity contribution in [3.63, 3.8) is 0 Å². The van der Waals surface area contributed by atoms with Gasteiger partial charge >= 0.3 is 0 Å². The van der Waals surface area contributed by atoms with Crippen molar-refractivity contribution in [1.29, 1.82) is 0 Å². The molecule has 0 aliphatic carbocycles. The van der Waals surface area contributed by atoms with Gasteiger partial charge in [0, 0.05) is 22.2 Å². The molecule has 0 N–H and O–H groups in total. The second kappa shape index (κ2) is 7.31. The Hall–Kier alpha value is -1.30. The van der Waals surface area contributed by atoms with Crippen LogP contribution in [0.2, 0.25) is 5.02 Å². The maximum Gasteiger partial charge on any atom is 0.233 e. The van der Waals surface area contributed by atoms with Gasteiger partial charge in [0.15, 0.2) is 5.17 Å². The van der Waals surface area contributed by atoms with E-state index in [4.69, 9.17) is 11.6 Å². The van der Waals surface area contributed by atoms with Gasteiger partial charge in [-0.2, -0.15) is 0 Å². The number of nitrogens with zero attached hydrogens (tertiary/aromatic N) is 2. The zero-order valence-electron chi connectivity index (χ0n) is 11.9. The summed E-state index contributed by atoms with van der Waals surface area (Å²) in [6, 6.07) is 11.7. The van der Waals surface area contributed by atoms with E-state index in [9.17, 15) is 4.79 Å². The molecule has 0 bridgehead atoms. The standard InChI is InChI=1S/C16H15ClN2OS2/c17-13-4-1-3-12(9-13)11-22-16-18-6-7-19(16)15(20)10-14-5-2-8-21-14/h1-5,8-9H,6-7,10-11H2. The fourth-order valence-electron chi connectivity index (χ4n) is 2.21. The number of rotatable bonds is 4. The lowest BCUT2D eigenvalue weighted by atomic mass is 10.2. The molecule has 1 aliphatic heterocycles. The zero-order valence-corrected chi connectivity index (χ0v) is 14.3. The van der Waals surface area contributed by atoms with Crippen LogP contribution in [0.4, 0.5) is 0 Å². The Morgan fingerprint density at radius 3 is 3.05 bits per heavy atom. The van der Waals surface area contributed by atoms with E-state index in [0.29, 0.717) is 19.5 Å². The number of carbonyl (C=O) groups excluding carboxylic acids is 1. The van der Waals surface area contributed by atoms with Gasteiger partial charge in [0.1, 0.15) is 0 Å². The van der Waals surface area contributed by atoms with E-state index in [2.05, 4.69) is 4.99 Å². The molecule has 0 saturated carbocycles. The minimum atomic E-state index is 0.122. The Labute approximate surface area is 143 Å². The Morgan fingerprint density at radius 1 is 1.36 bits per heavy atom. The fraction of sp³-hybridized carbons (Fsp3) is 0.250. The molecule has 114 valence electrons. The van der Waals surface area contributed by atoms with Gasteiger partial charge in [-0.1, -0.05) is 41.6 Å². The van der Waals surface area contributed by atoms with Crippen molar-refractivity contribution in [2.75, 3.05) is 13.1 Å². The van der Waals surface area contributed by atoms with E-state index in [-0.39, 0.29) is 5.91 Å². The van der Waals surface area contributed by atoms with Gasteiger partial charge in [0.2, 0.25) is 5.91 Å². The third kappa shape index (κ3) is 3.91. The lowest BCUT2D eigenvalue weighted by molar-refractivity contribution is -0.126. The number of carbonyl (C=O) groups is 1. The van der Waals surface area contributed by atoms with Crippen LogP contribution in [0.3, 0.4) is 0 Å². The Morgan fingerprint density at radius 2 is 2.27 bits per heavy atom. The molecular formula is C16H15ClN2OS2. The van der Waals surface area contributed by atoms with Crippen molar-refractivity contribution in [3.8, 4) is 0 Å². The average molecular weight is 351 g/mol. The van der Waals surface area contributed by atoms with Gasteiger partial charge in [-0.3, -0.25) is 14.7 Å². The van der Waals surface area contributed by atoms with Crippen LogP contribution < -0.4 is 0 Å². The average Bonchev–Trinajstić information content (AvgIpc) is 3.16. The molecule has 0 atom stereocenters. The van der Waals surface area contributed by atoms with Crippen LogP contribution in [-0.2, 0) is 17.0 Å². The molecule has 1 aromatic heterocycles. The summed E-state index contributed by atoms with van der Waals surface area (Å²) in [7, 11) is 0. The minimum Gasteiger partial charge on any atom is -0.289 e. The van der Waals surface area contributed by atoms with Crippen molar-refractivity contribution in [2.45, 2.75) is 12.2 Å². The largest absolute Gasteiger partial charge is 0.289 e. The highest BCUT2D eigenvalue weighted by Gasteiger charge is 2.24. The second-order valence-electron chi connectivity index (χ2n) is 4.88. The van der Waals surface area contributed by atoms with Gasteiger partial charge in [-0.25, -0.2) is 0 Å². The van der Waals surface area contributed by atoms with Gasteiger partial charge in [-0.05, 0) is 29.1 Å². The van der Waals surface area contributed by atoms with Crippen LogP contribution in [0, 0.1) is 0 Å². The number of hydrogen-bond acceptors (Lipinski definition) is 4. The third-order valence-corrected chi connectivity index (χ3v) is 5.46. The molecule has 0 spiro atoms. The predicted octanol–water partition coefficient (Wildman–Crippen LogP) is 4.08. The maximum atomic E-state index is 12.4. The molecule has 2 heterocycles. The van der Waals surface area contributed by atoms with Crippen LogP contribution in [0.25, 0.3) is 0 Å². The molecule has 1 aromatic carbocycles. The quantitative estimate of drug-likeness (QED) is 0.832. The van der Waals surface area contributed by atoms with E-state index in [1.807, 2.05) is 41.8 Å². The molecule has 1 amide bonds. The number of amides is 1. The molecule has 0 unspecified atom stereocenters. The first kappa shape index (κ1) is 15.6. The third-order valence-electron chi connectivity index (χ3n) is 3.27. The molecular weight excluding hydrogens is 336 g/mol. The number of hydrogen-bond donors (Lipinski definition) is 0. The number of aliphatic imine (C=N–C) groups is 1. The smallest absolute Gasteiger partial charge is 0.233 e. The monoisotopic (exact) mass is 350 g/mol. The summed E-state index contributed by atoms with van der Waals surface area (Å²) >= 11 is 9.21. The minimum absolute atomic E-state index is 0.122. The summed E-state index contributed by atoms with van der Waals surface area (Å²) in [5.74, 6) is 0.889. The lowest BCUT2D eigenvalue weighted by Crippen LogP contribution is -2.33.